The van der Waals surface area contributed by atoms with Crippen LogP contribution in [-0.2, 0) is 38.0 Å². The number of carbonyl (C=O) groups excluding carboxylic acids is 2. The summed E-state index contributed by atoms with van der Waals surface area (Å²) >= 11 is 9.74. The molecule has 19 heteroatoms. The smallest absolute Gasteiger partial charge is 0.311 e. The van der Waals surface area contributed by atoms with Crippen LogP contribution < -0.4 is 5.32 Å². The summed E-state index contributed by atoms with van der Waals surface area (Å²) in [6, 6.07) is 15.3. The number of methoxy groups -OCH3 is 1. The van der Waals surface area contributed by atoms with E-state index in [0.29, 0.717) is 37.5 Å². The van der Waals surface area contributed by atoms with Crippen molar-refractivity contribution < 1.29 is 63.5 Å². The number of halogens is 1. The summed E-state index contributed by atoms with van der Waals surface area (Å²) in [7, 11) is 5.26. The number of benzene rings is 2. The van der Waals surface area contributed by atoms with Gasteiger partial charge in [0.2, 0.25) is 5.91 Å². The fourth-order valence-corrected chi connectivity index (χ4v) is 14.7. The van der Waals surface area contributed by atoms with Crippen molar-refractivity contribution in [2.75, 3.05) is 40.8 Å². The zero-order valence-electron chi connectivity index (χ0n) is 47.7. The summed E-state index contributed by atoms with van der Waals surface area (Å²) in [6.45, 7) is 18.6. The van der Waals surface area contributed by atoms with Gasteiger partial charge in [-0.2, -0.15) is 0 Å². The molecule has 1 aromatic heterocycles. The van der Waals surface area contributed by atoms with Crippen molar-refractivity contribution in [3.05, 3.63) is 64.5 Å². The lowest BCUT2D eigenvalue weighted by Gasteiger charge is -2.48. The highest BCUT2D eigenvalue weighted by molar-refractivity contribution is 7.99. The Hall–Kier alpha value is -3.02. The second kappa shape index (κ2) is 26.1. The quantitative estimate of drug-likeness (QED) is 0.0426. The topological polar surface area (TPSA) is 209 Å². The van der Waals surface area contributed by atoms with Crippen LogP contribution in [0.15, 0.2) is 64.4 Å². The molecule has 4 aliphatic heterocycles. The minimum Gasteiger partial charge on any atom is -0.459 e. The van der Waals surface area contributed by atoms with Gasteiger partial charge in [0.15, 0.2) is 12.6 Å². The molecule has 3 aromatic rings. The van der Waals surface area contributed by atoms with E-state index in [1.165, 1.54) is 20.1 Å². The largest absolute Gasteiger partial charge is 0.459 e. The maximum Gasteiger partial charge on any atom is 0.311 e. The van der Waals surface area contributed by atoms with Crippen LogP contribution in [0.1, 0.15) is 106 Å². The van der Waals surface area contributed by atoms with Crippen molar-refractivity contribution in [1.29, 1.82) is 0 Å². The van der Waals surface area contributed by atoms with Crippen LogP contribution in [0.4, 0.5) is 0 Å². The number of ether oxygens (including phenoxy) is 6. The molecular formula is C59H86ClN3O13S2. The number of likely N-dealkylation sites (N-methyl/N-ethyl adjacent to an activating group) is 1. The summed E-state index contributed by atoms with van der Waals surface area (Å²) in [5, 5.41) is 64.2. The second-order valence-electron chi connectivity index (χ2n) is 23.3. The number of nitrogens with one attached hydrogen (secondary N) is 1. The van der Waals surface area contributed by atoms with Crippen LogP contribution >= 0.6 is 34.7 Å². The van der Waals surface area contributed by atoms with E-state index >= 15 is 0 Å². The molecule has 0 radical (unpaired) electrons. The highest BCUT2D eigenvalue weighted by Crippen LogP contribution is 2.52. The highest BCUT2D eigenvalue weighted by atomic mass is 35.5. The molecule has 0 saturated carbocycles. The number of hydrogen-bond acceptors (Lipinski definition) is 17. The molecule has 1 amide bonds. The van der Waals surface area contributed by atoms with Gasteiger partial charge in [0.1, 0.15) is 30.0 Å². The first-order valence-corrected chi connectivity index (χ1v) is 29.6. The number of amides is 1. The van der Waals surface area contributed by atoms with Gasteiger partial charge < -0.3 is 64.2 Å². The maximum atomic E-state index is 14.7. The Balaban J connectivity index is 1.14. The first kappa shape index (κ1) is 62.6. The fraction of sp³-hybridized carbons (Fsp3) is 0.661. The molecule has 6 N–H and O–H groups in total. The zero-order chi connectivity index (χ0) is 57.2. The Morgan fingerprint density at radius 3 is 2.35 bits per heavy atom. The summed E-state index contributed by atoms with van der Waals surface area (Å²) in [4.78, 5) is 36.3. The van der Waals surface area contributed by atoms with Crippen LogP contribution in [0.5, 0.6) is 0 Å². The van der Waals surface area contributed by atoms with Crippen molar-refractivity contribution in [3.63, 3.8) is 0 Å². The Kier molecular flexibility index (Phi) is 20.9. The van der Waals surface area contributed by atoms with E-state index in [4.69, 9.17) is 40.0 Å². The molecule has 2 aromatic carbocycles. The van der Waals surface area contributed by atoms with Gasteiger partial charge in [-0.05, 0) is 130 Å². The second-order valence-corrected chi connectivity index (χ2v) is 25.9. The molecule has 78 heavy (non-hydrogen) atoms. The Bertz CT molecular complexity index is 2550. The number of fused-ring (bicyclic) bond motifs is 5. The minimum absolute atomic E-state index is 0.0937. The van der Waals surface area contributed by atoms with Crippen molar-refractivity contribution in [3.8, 4) is 21.6 Å². The molecule has 16 nitrogen and oxygen atoms in total. The van der Waals surface area contributed by atoms with E-state index in [1.54, 1.807) is 57.7 Å². The minimum atomic E-state index is -1.94. The monoisotopic (exact) mass is 1140 g/mol. The SMILES string of the molecule is CC[C@H]1OC(=O)[C@H](C)[C@@H](O[C@H]2C[C@@](C)(OC)[C@@H](O)[C@H](C)O2)[C@H](C)[C@@H](O[C@@H]2O[C@H](C)C[C@H](N(C)C)[C@H]2O)[C@](C)(O)C[C@@H](C)CN(CCCNC(=O)/C=C/c2cc3c(s2)-c2ccc(Cl)cc2Sc2ccccc2-3)[C@H](C)[C@@H](O)[C@]1(C)O. The lowest BCUT2D eigenvalue weighted by Crippen LogP contribution is -2.60. The number of hydrogen-bond donors (Lipinski definition) is 6. The number of rotatable bonds is 13. The van der Waals surface area contributed by atoms with Crippen molar-refractivity contribution in [2.24, 2.45) is 17.8 Å². The van der Waals surface area contributed by atoms with Gasteiger partial charge >= 0.3 is 5.97 Å². The maximum absolute atomic E-state index is 14.7. The number of aliphatic hydroxyl groups is 5. The van der Waals surface area contributed by atoms with E-state index in [9.17, 15) is 35.1 Å². The molecular weight excluding hydrogens is 1060 g/mol. The number of aliphatic hydroxyl groups excluding tert-OH is 3. The fourth-order valence-electron chi connectivity index (χ4n) is 12.2. The number of carbonyl (C=O) groups is 2. The van der Waals surface area contributed by atoms with Crippen molar-refractivity contribution in [2.45, 2.75) is 201 Å². The predicted octanol–water partition coefficient (Wildman–Crippen LogP) is 8.00. The van der Waals surface area contributed by atoms with E-state index in [2.05, 4.69) is 23.5 Å². The molecule has 0 bridgehead atoms. The number of esters is 1. The highest BCUT2D eigenvalue weighted by Gasteiger charge is 2.53. The molecule has 7 rings (SSSR count). The van der Waals surface area contributed by atoms with Crippen LogP contribution in [0.3, 0.4) is 0 Å². The van der Waals surface area contributed by atoms with E-state index in [0.717, 1.165) is 36.2 Å². The van der Waals surface area contributed by atoms with E-state index in [1.807, 2.05) is 88.0 Å². The lowest BCUT2D eigenvalue weighted by atomic mass is 9.77. The average molecular weight is 1140 g/mol. The summed E-state index contributed by atoms with van der Waals surface area (Å²) in [5.74, 6) is -3.19. The molecule has 0 spiro atoms. The normalized spacial score (nSPS) is 37.4. The molecule has 0 aliphatic carbocycles. The third kappa shape index (κ3) is 14.1. The standard InChI is InChI=1S/C59H86ClN3O13S2/c1-14-46-59(10,70)52(66)36(6)63(25-17-24-61-47(64)23-21-39-28-42-40-18-15-16-19-44(40)78-45-27-38(60)20-22-41(45)51(42)77-39)31-32(2)29-57(8,69)54(76-56-49(65)43(62(11)12)26-33(3)72-56)34(4)50(35(5)55(68)74-46)75-48-30-58(9,71-13)53(67)37(7)73-48/h15-16,18-23,27-28,32-37,43,46,48-50,52-54,56,65-67,69-70H,14,17,24-26,29-31H2,1-13H3,(H,61,64)/b23-21+/t32-,33-,34+,35-,36-,37+,43+,46-,48+,49-,50+,52-,53+,54-,56+,57-,58-,59-/m1/s1. The molecule has 3 saturated heterocycles. The third-order valence-corrected chi connectivity index (χ3v) is 19.2. The Morgan fingerprint density at radius 1 is 0.936 bits per heavy atom. The molecule has 3 fully saturated rings. The Labute approximate surface area is 475 Å². The van der Waals surface area contributed by atoms with Crippen LogP contribution in [0, 0.1) is 17.8 Å². The molecule has 5 heterocycles. The van der Waals surface area contributed by atoms with Crippen LogP contribution in [0.25, 0.3) is 27.6 Å². The summed E-state index contributed by atoms with van der Waals surface area (Å²) < 4.78 is 38.3. The Morgan fingerprint density at radius 2 is 1.65 bits per heavy atom. The van der Waals surface area contributed by atoms with Gasteiger partial charge in [0.05, 0.1) is 41.5 Å². The van der Waals surface area contributed by atoms with Gasteiger partial charge in [-0.3, -0.25) is 14.5 Å². The summed E-state index contributed by atoms with van der Waals surface area (Å²) in [5.41, 5.74) is -1.38. The number of thiophene rings is 1. The summed E-state index contributed by atoms with van der Waals surface area (Å²) in [6.07, 6.45) is -5.34. The first-order chi connectivity index (χ1) is 36.7. The van der Waals surface area contributed by atoms with Crippen molar-refractivity contribution >= 4 is 52.7 Å². The van der Waals surface area contributed by atoms with Crippen LogP contribution in [0.2, 0.25) is 5.02 Å². The number of cyclic esters (lactones) is 1. The van der Waals surface area contributed by atoms with Gasteiger partial charge in [-0.15, -0.1) is 11.3 Å². The van der Waals surface area contributed by atoms with Gasteiger partial charge in [0.25, 0.3) is 0 Å². The van der Waals surface area contributed by atoms with Crippen LogP contribution in [-0.4, -0.2) is 178 Å². The molecule has 4 aliphatic rings. The molecule has 434 valence electrons. The molecule has 18 atom stereocenters. The average Bonchev–Trinajstić information content (AvgIpc) is 3.84. The van der Waals surface area contributed by atoms with E-state index in [-0.39, 0.29) is 43.2 Å². The van der Waals surface area contributed by atoms with Gasteiger partial charge in [-0.25, -0.2) is 0 Å². The zero-order valence-corrected chi connectivity index (χ0v) is 50.1. The lowest BCUT2D eigenvalue weighted by molar-refractivity contribution is -0.318. The van der Waals surface area contributed by atoms with Crippen molar-refractivity contribution in [1.82, 2.24) is 15.1 Å². The number of nitrogens with zero attached hydrogens (tertiary/aromatic N) is 2. The first-order valence-electron chi connectivity index (χ1n) is 27.6. The third-order valence-electron chi connectivity index (χ3n) is 16.7. The van der Waals surface area contributed by atoms with Gasteiger partial charge in [0, 0.05) is 92.9 Å². The predicted molar refractivity (Wildman–Crippen MR) is 304 cm³/mol. The van der Waals surface area contributed by atoms with E-state index < -0.39 is 96.0 Å². The van der Waals surface area contributed by atoms with Gasteiger partial charge in [-0.1, -0.05) is 68.4 Å². The molecule has 0 unspecified atom stereocenters.